The van der Waals surface area contributed by atoms with Gasteiger partial charge in [-0.3, -0.25) is 14.5 Å². The monoisotopic (exact) mass is 645 g/mol. The maximum atomic E-state index is 14.7. The third-order valence-electron chi connectivity index (χ3n) is 8.98. The zero-order valence-corrected chi connectivity index (χ0v) is 27.0. The van der Waals surface area contributed by atoms with Gasteiger partial charge in [-0.2, -0.15) is 0 Å². The Morgan fingerprint density at radius 1 is 0.830 bits per heavy atom. The van der Waals surface area contributed by atoms with Crippen molar-refractivity contribution in [1.29, 1.82) is 0 Å². The highest BCUT2D eigenvalue weighted by atomic mass is 35.5. The second kappa shape index (κ2) is 14.4. The van der Waals surface area contributed by atoms with Gasteiger partial charge in [0.1, 0.15) is 11.6 Å². The molecule has 238 valence electrons. The Labute approximate surface area is 280 Å². The van der Waals surface area contributed by atoms with Gasteiger partial charge in [-0.25, -0.2) is 4.39 Å². The topological polar surface area (TPSA) is 66.6 Å². The predicted octanol–water partition coefficient (Wildman–Crippen LogP) is 8.13. The summed E-state index contributed by atoms with van der Waals surface area (Å²) >= 11 is 6.62. The molecule has 0 fully saturated rings. The predicted molar refractivity (Wildman–Crippen MR) is 187 cm³/mol. The number of carbonyl (C=O) groups is 2. The van der Waals surface area contributed by atoms with Crippen LogP contribution in [0.5, 0.6) is 0 Å². The Hall–Kier alpha value is -4.62. The fourth-order valence-electron chi connectivity index (χ4n) is 6.47. The van der Waals surface area contributed by atoms with Crippen LogP contribution in [0.1, 0.15) is 46.7 Å². The van der Waals surface area contributed by atoms with Crippen molar-refractivity contribution in [3.05, 3.63) is 160 Å². The maximum absolute atomic E-state index is 14.7. The van der Waals surface area contributed by atoms with E-state index < -0.39 is 6.04 Å². The average Bonchev–Trinajstić information content (AvgIpc) is 3.17. The van der Waals surface area contributed by atoms with Crippen LogP contribution in [-0.2, 0) is 29.1 Å². The van der Waals surface area contributed by atoms with Crippen LogP contribution in [-0.4, -0.2) is 29.7 Å². The molecule has 5 aromatic rings. The van der Waals surface area contributed by atoms with E-state index in [2.05, 4.69) is 24.3 Å². The number of fused-ring (bicyclic) bond motifs is 1. The van der Waals surface area contributed by atoms with Crippen molar-refractivity contribution in [1.82, 2.24) is 4.90 Å². The smallest absolute Gasteiger partial charge is 0.245 e. The lowest BCUT2D eigenvalue weighted by Gasteiger charge is -2.33. The highest BCUT2D eigenvalue weighted by Gasteiger charge is 2.40. The average molecular weight is 646 g/mol. The standard InChI is InChI=1S/C40H37ClFN3O2/c1-44-38(24-34(46)20-18-31-11-5-6-13-36(31)42)40(47)45(26-27-14-16-30(17-15-27)29-9-3-2-4-10-29)37-21-19-33(41)23-35(37)39(44)32-12-7-8-28(22-32)25-43/h2-17,19,21-23,38-39H,18,20,24-26,43H2,1H3. The molecule has 0 spiro atoms. The van der Waals surface area contributed by atoms with Gasteiger partial charge in [0.2, 0.25) is 5.91 Å². The number of Topliss-reactive ketones (excluding diaryl/α,β-unsaturated/α-hetero) is 1. The van der Waals surface area contributed by atoms with E-state index in [9.17, 15) is 14.0 Å². The maximum Gasteiger partial charge on any atom is 0.245 e. The second-order valence-corrected chi connectivity index (χ2v) is 12.5. The first-order valence-corrected chi connectivity index (χ1v) is 16.2. The van der Waals surface area contributed by atoms with Crippen LogP contribution >= 0.6 is 11.6 Å². The molecule has 1 aliphatic heterocycles. The lowest BCUT2D eigenvalue weighted by Crippen LogP contribution is -2.47. The van der Waals surface area contributed by atoms with E-state index in [1.807, 2.05) is 78.7 Å². The van der Waals surface area contributed by atoms with Crippen LogP contribution in [0, 0.1) is 5.82 Å². The van der Waals surface area contributed by atoms with Gasteiger partial charge in [0.15, 0.2) is 0 Å². The van der Waals surface area contributed by atoms with E-state index in [1.165, 1.54) is 6.07 Å². The molecule has 1 aliphatic rings. The number of aryl methyl sites for hydroxylation is 1. The van der Waals surface area contributed by atoms with Crippen molar-refractivity contribution in [3.8, 4) is 11.1 Å². The summed E-state index contributed by atoms with van der Waals surface area (Å²) in [6, 6.07) is 37.3. The zero-order valence-electron chi connectivity index (χ0n) is 26.3. The fraction of sp³-hybridized carbons (Fsp3) is 0.200. The molecular weight excluding hydrogens is 609 g/mol. The number of likely N-dealkylation sites (N-methyl/N-ethyl adjacent to an activating group) is 1. The van der Waals surface area contributed by atoms with E-state index in [-0.39, 0.29) is 42.8 Å². The van der Waals surface area contributed by atoms with Gasteiger partial charge < -0.3 is 10.6 Å². The molecule has 0 bridgehead atoms. The molecule has 0 radical (unpaired) electrons. The van der Waals surface area contributed by atoms with Gasteiger partial charge in [-0.1, -0.05) is 109 Å². The van der Waals surface area contributed by atoms with Crippen molar-refractivity contribution < 1.29 is 14.0 Å². The highest BCUT2D eigenvalue weighted by molar-refractivity contribution is 6.30. The van der Waals surface area contributed by atoms with E-state index in [4.69, 9.17) is 17.3 Å². The number of halogens is 2. The third-order valence-corrected chi connectivity index (χ3v) is 9.22. The minimum Gasteiger partial charge on any atom is -0.326 e. The highest BCUT2D eigenvalue weighted by Crippen LogP contribution is 2.42. The number of anilines is 1. The molecule has 2 unspecified atom stereocenters. The number of carbonyl (C=O) groups excluding carboxylic acids is 2. The number of benzene rings is 5. The van der Waals surface area contributed by atoms with Gasteiger partial charge in [-0.05, 0) is 76.7 Å². The SMILES string of the molecule is CN1C(CC(=O)CCc2ccccc2F)C(=O)N(Cc2ccc(-c3ccccc3)cc2)c2ccc(Cl)cc2C1c1cccc(CN)c1. The Balaban J connectivity index is 1.38. The van der Waals surface area contributed by atoms with Crippen LogP contribution in [0.15, 0.2) is 121 Å². The lowest BCUT2D eigenvalue weighted by atomic mass is 9.93. The van der Waals surface area contributed by atoms with Crippen molar-refractivity contribution in [2.45, 2.75) is 44.4 Å². The van der Waals surface area contributed by atoms with E-state index in [1.54, 1.807) is 29.2 Å². The number of amides is 1. The summed E-state index contributed by atoms with van der Waals surface area (Å²) in [5.41, 5.74) is 13.2. The van der Waals surface area contributed by atoms with Gasteiger partial charge in [0, 0.05) is 30.1 Å². The fourth-order valence-corrected chi connectivity index (χ4v) is 6.65. The molecule has 1 heterocycles. The lowest BCUT2D eigenvalue weighted by molar-refractivity contribution is -0.129. The van der Waals surface area contributed by atoms with Crippen LogP contribution in [0.25, 0.3) is 11.1 Å². The van der Waals surface area contributed by atoms with Crippen LogP contribution in [0.2, 0.25) is 5.02 Å². The number of ketones is 1. The number of nitrogens with zero attached hydrogens (tertiary/aromatic N) is 2. The molecule has 47 heavy (non-hydrogen) atoms. The van der Waals surface area contributed by atoms with E-state index in [0.717, 1.165) is 39.1 Å². The minimum absolute atomic E-state index is 0.0119. The van der Waals surface area contributed by atoms with Gasteiger partial charge >= 0.3 is 0 Å². The Kier molecular flexibility index (Phi) is 9.92. The van der Waals surface area contributed by atoms with Crippen LogP contribution in [0.3, 0.4) is 0 Å². The van der Waals surface area contributed by atoms with Crippen molar-refractivity contribution in [3.63, 3.8) is 0 Å². The molecule has 2 atom stereocenters. The van der Waals surface area contributed by atoms with Gasteiger partial charge in [0.25, 0.3) is 0 Å². The summed E-state index contributed by atoms with van der Waals surface area (Å²) in [6.07, 6.45) is 0.388. The third kappa shape index (κ3) is 7.20. The van der Waals surface area contributed by atoms with Gasteiger partial charge in [-0.15, -0.1) is 0 Å². The number of nitrogens with two attached hydrogens (primary N) is 1. The summed E-state index contributed by atoms with van der Waals surface area (Å²) < 4.78 is 14.3. The molecule has 1 amide bonds. The first-order valence-electron chi connectivity index (χ1n) is 15.8. The second-order valence-electron chi connectivity index (χ2n) is 12.1. The summed E-state index contributed by atoms with van der Waals surface area (Å²) in [5.74, 6) is -0.622. The Bertz CT molecular complexity index is 1880. The summed E-state index contributed by atoms with van der Waals surface area (Å²) in [5, 5.41) is 0.552. The van der Waals surface area contributed by atoms with Gasteiger partial charge in [0.05, 0.1) is 18.6 Å². The van der Waals surface area contributed by atoms with Crippen molar-refractivity contribution in [2.75, 3.05) is 11.9 Å². The summed E-state index contributed by atoms with van der Waals surface area (Å²) in [6.45, 7) is 0.681. The number of hydrogen-bond donors (Lipinski definition) is 1. The first-order chi connectivity index (χ1) is 22.8. The molecule has 0 aliphatic carbocycles. The molecule has 0 aromatic heterocycles. The molecule has 6 rings (SSSR count). The zero-order chi connectivity index (χ0) is 32.9. The Morgan fingerprint density at radius 3 is 2.30 bits per heavy atom. The van der Waals surface area contributed by atoms with Crippen molar-refractivity contribution >= 4 is 29.0 Å². The molecule has 7 heteroatoms. The normalized spacial score (nSPS) is 16.5. The van der Waals surface area contributed by atoms with E-state index in [0.29, 0.717) is 23.7 Å². The molecule has 5 aromatic carbocycles. The first kappa shape index (κ1) is 32.3. The Morgan fingerprint density at radius 2 is 1.55 bits per heavy atom. The van der Waals surface area contributed by atoms with Crippen LogP contribution in [0.4, 0.5) is 10.1 Å². The number of hydrogen-bond acceptors (Lipinski definition) is 4. The van der Waals surface area contributed by atoms with Crippen LogP contribution < -0.4 is 10.6 Å². The molecule has 2 N–H and O–H groups in total. The molecule has 0 saturated heterocycles. The molecule has 0 saturated carbocycles. The molecular formula is C40H37ClFN3O2. The quantitative estimate of drug-likeness (QED) is 0.167. The van der Waals surface area contributed by atoms with E-state index >= 15 is 0 Å². The summed E-state index contributed by atoms with van der Waals surface area (Å²) in [4.78, 5) is 32.0. The van der Waals surface area contributed by atoms with Crippen molar-refractivity contribution in [2.24, 2.45) is 5.73 Å². The molecule has 5 nitrogen and oxygen atoms in total. The summed E-state index contributed by atoms with van der Waals surface area (Å²) in [7, 11) is 1.88. The largest absolute Gasteiger partial charge is 0.326 e. The number of rotatable bonds is 10. The minimum atomic E-state index is -0.774.